The molecule has 2 N–H and O–H groups in total. The van der Waals surface area contributed by atoms with E-state index >= 15 is 0 Å². The Hall–Kier alpha value is -0.920. The fraction of sp³-hybridized carbons (Fsp3) is 0.750. The largest absolute Gasteiger partial charge is 0.481 e. The molecular weight excluding hydrogens is 268 g/mol. The van der Waals surface area contributed by atoms with E-state index in [1.165, 1.54) is 4.31 Å². The molecular formula is C12H22N2O4S. The first-order chi connectivity index (χ1) is 8.90. The molecule has 6 nitrogen and oxygen atoms in total. The second-order valence-electron chi connectivity index (χ2n) is 4.69. The normalized spacial score (nSPS) is 23.1. The Bertz CT molecular complexity index is 427. The highest BCUT2D eigenvalue weighted by Gasteiger charge is 2.29. The average molecular weight is 290 g/mol. The second kappa shape index (κ2) is 7.02. The average Bonchev–Trinajstić information content (AvgIpc) is 2.76. The highest BCUT2D eigenvalue weighted by Crippen LogP contribution is 2.19. The molecule has 19 heavy (non-hydrogen) atoms. The van der Waals surface area contributed by atoms with Crippen LogP contribution in [0.2, 0.25) is 0 Å². The summed E-state index contributed by atoms with van der Waals surface area (Å²) in [6.07, 6.45) is 4.94. The molecule has 0 heterocycles. The number of rotatable bonds is 8. The van der Waals surface area contributed by atoms with Crippen LogP contribution in [-0.2, 0) is 15.0 Å². The standard InChI is InChI=1S/C12H22N2O4S/c1-3-7-14(8-4-2)19(17,18)13-11-6-5-10(9-11)12(15)16/h5-6,10-11,13H,3-4,7-9H2,1-2H3,(H,15,16). The number of nitrogens with zero attached hydrogens (tertiary/aromatic N) is 1. The Morgan fingerprint density at radius 2 is 1.89 bits per heavy atom. The maximum absolute atomic E-state index is 12.2. The van der Waals surface area contributed by atoms with Gasteiger partial charge in [-0.2, -0.15) is 17.4 Å². The lowest BCUT2D eigenvalue weighted by Crippen LogP contribution is -2.45. The Morgan fingerprint density at radius 1 is 1.32 bits per heavy atom. The van der Waals surface area contributed by atoms with E-state index in [-0.39, 0.29) is 6.42 Å². The van der Waals surface area contributed by atoms with E-state index in [1.807, 2.05) is 13.8 Å². The van der Waals surface area contributed by atoms with E-state index in [4.69, 9.17) is 5.11 Å². The van der Waals surface area contributed by atoms with Crippen molar-refractivity contribution in [1.82, 2.24) is 9.03 Å². The molecule has 1 aliphatic carbocycles. The number of hydrogen-bond donors (Lipinski definition) is 2. The van der Waals surface area contributed by atoms with Crippen molar-refractivity contribution >= 4 is 16.2 Å². The minimum atomic E-state index is -3.54. The molecule has 0 fully saturated rings. The van der Waals surface area contributed by atoms with Crippen molar-refractivity contribution in [3.63, 3.8) is 0 Å². The molecule has 0 saturated heterocycles. The molecule has 2 unspecified atom stereocenters. The summed E-state index contributed by atoms with van der Waals surface area (Å²) < 4.78 is 28.3. The quantitative estimate of drug-likeness (QED) is 0.652. The molecule has 0 aromatic rings. The molecule has 7 heteroatoms. The van der Waals surface area contributed by atoms with Gasteiger partial charge in [-0.1, -0.05) is 26.0 Å². The van der Waals surface area contributed by atoms with Gasteiger partial charge < -0.3 is 5.11 Å². The Labute approximate surface area is 114 Å². The molecule has 0 saturated carbocycles. The predicted octanol–water partition coefficient (Wildman–Crippen LogP) is 0.972. The Kier molecular flexibility index (Phi) is 5.96. The number of nitrogens with one attached hydrogen (secondary N) is 1. The lowest BCUT2D eigenvalue weighted by atomic mass is 10.1. The van der Waals surface area contributed by atoms with Gasteiger partial charge in [-0.25, -0.2) is 0 Å². The summed E-state index contributed by atoms with van der Waals surface area (Å²) in [5.74, 6) is -1.52. The van der Waals surface area contributed by atoms with Crippen LogP contribution in [0.3, 0.4) is 0 Å². The molecule has 0 radical (unpaired) electrons. The van der Waals surface area contributed by atoms with Crippen LogP contribution in [0.4, 0.5) is 0 Å². The lowest BCUT2D eigenvalue weighted by molar-refractivity contribution is -0.140. The Morgan fingerprint density at radius 3 is 2.32 bits per heavy atom. The third kappa shape index (κ3) is 4.59. The minimum absolute atomic E-state index is 0.278. The molecule has 0 bridgehead atoms. The summed E-state index contributed by atoms with van der Waals surface area (Å²) in [6.45, 7) is 4.80. The molecule has 0 amide bonds. The van der Waals surface area contributed by atoms with Crippen molar-refractivity contribution in [2.24, 2.45) is 5.92 Å². The van der Waals surface area contributed by atoms with Crippen molar-refractivity contribution < 1.29 is 18.3 Å². The SMILES string of the molecule is CCCN(CCC)S(=O)(=O)NC1C=CC(C(=O)O)C1. The summed E-state index contributed by atoms with van der Waals surface area (Å²) >= 11 is 0. The smallest absolute Gasteiger partial charge is 0.310 e. The van der Waals surface area contributed by atoms with E-state index in [0.717, 1.165) is 12.8 Å². The van der Waals surface area contributed by atoms with E-state index in [2.05, 4.69) is 4.72 Å². The molecule has 2 atom stereocenters. The summed E-state index contributed by atoms with van der Waals surface area (Å²) in [7, 11) is -3.54. The van der Waals surface area contributed by atoms with Gasteiger partial charge in [-0.15, -0.1) is 0 Å². The molecule has 0 spiro atoms. The zero-order valence-corrected chi connectivity index (χ0v) is 12.2. The number of carboxylic acids is 1. The maximum Gasteiger partial charge on any atom is 0.310 e. The number of hydrogen-bond acceptors (Lipinski definition) is 3. The third-order valence-electron chi connectivity index (χ3n) is 2.99. The highest BCUT2D eigenvalue weighted by atomic mass is 32.2. The van der Waals surface area contributed by atoms with Crippen LogP contribution >= 0.6 is 0 Å². The summed E-state index contributed by atoms with van der Waals surface area (Å²) in [5, 5.41) is 8.87. The lowest BCUT2D eigenvalue weighted by Gasteiger charge is -2.23. The third-order valence-corrected chi connectivity index (χ3v) is 4.63. The van der Waals surface area contributed by atoms with Crippen LogP contribution in [0.15, 0.2) is 12.2 Å². The first-order valence-electron chi connectivity index (χ1n) is 6.59. The monoisotopic (exact) mass is 290 g/mol. The van der Waals surface area contributed by atoms with Gasteiger partial charge in [0, 0.05) is 19.1 Å². The van der Waals surface area contributed by atoms with Gasteiger partial charge in [0.05, 0.1) is 5.92 Å². The fourth-order valence-corrected chi connectivity index (χ4v) is 3.64. The van der Waals surface area contributed by atoms with Gasteiger partial charge in [-0.3, -0.25) is 4.79 Å². The van der Waals surface area contributed by atoms with Crippen molar-refractivity contribution in [2.45, 2.75) is 39.2 Å². The van der Waals surface area contributed by atoms with Crippen molar-refractivity contribution in [1.29, 1.82) is 0 Å². The predicted molar refractivity (Wildman–Crippen MR) is 72.9 cm³/mol. The van der Waals surface area contributed by atoms with Gasteiger partial charge in [0.2, 0.25) is 0 Å². The molecule has 0 aromatic heterocycles. The van der Waals surface area contributed by atoms with Crippen LogP contribution in [0.5, 0.6) is 0 Å². The first-order valence-corrected chi connectivity index (χ1v) is 8.03. The van der Waals surface area contributed by atoms with Crippen molar-refractivity contribution in [2.75, 3.05) is 13.1 Å². The van der Waals surface area contributed by atoms with Gasteiger partial charge in [0.1, 0.15) is 0 Å². The zero-order valence-electron chi connectivity index (χ0n) is 11.4. The highest BCUT2D eigenvalue weighted by molar-refractivity contribution is 7.87. The molecule has 0 aliphatic heterocycles. The number of carbonyl (C=O) groups is 1. The summed E-state index contributed by atoms with van der Waals surface area (Å²) in [4.78, 5) is 10.8. The molecule has 1 aliphatic rings. The first kappa shape index (κ1) is 16.1. The van der Waals surface area contributed by atoms with E-state index in [1.54, 1.807) is 12.2 Å². The van der Waals surface area contributed by atoms with Gasteiger partial charge in [-0.05, 0) is 19.3 Å². The zero-order chi connectivity index (χ0) is 14.5. The van der Waals surface area contributed by atoms with Crippen LogP contribution in [0, 0.1) is 5.92 Å². The van der Waals surface area contributed by atoms with Crippen LogP contribution in [-0.4, -0.2) is 42.9 Å². The summed E-state index contributed by atoms with van der Waals surface area (Å²) in [5.41, 5.74) is 0. The Balaban J connectivity index is 2.64. The molecule has 1 rings (SSSR count). The fourth-order valence-electron chi connectivity index (χ4n) is 2.09. The van der Waals surface area contributed by atoms with Crippen molar-refractivity contribution in [3.8, 4) is 0 Å². The van der Waals surface area contributed by atoms with Crippen LogP contribution in [0.1, 0.15) is 33.1 Å². The summed E-state index contributed by atoms with van der Waals surface area (Å²) in [6, 6.07) is -0.428. The molecule has 0 aromatic carbocycles. The van der Waals surface area contributed by atoms with Gasteiger partial charge in [0.15, 0.2) is 0 Å². The number of carboxylic acid groups (broad SMARTS) is 1. The number of aliphatic carboxylic acids is 1. The van der Waals surface area contributed by atoms with Crippen LogP contribution < -0.4 is 4.72 Å². The molecule has 110 valence electrons. The van der Waals surface area contributed by atoms with E-state index < -0.39 is 28.1 Å². The van der Waals surface area contributed by atoms with Gasteiger partial charge >= 0.3 is 5.97 Å². The topological polar surface area (TPSA) is 86.7 Å². The second-order valence-corrected chi connectivity index (χ2v) is 6.40. The van der Waals surface area contributed by atoms with E-state index in [0.29, 0.717) is 13.1 Å². The minimum Gasteiger partial charge on any atom is -0.481 e. The van der Waals surface area contributed by atoms with Crippen molar-refractivity contribution in [3.05, 3.63) is 12.2 Å². The van der Waals surface area contributed by atoms with Crippen LogP contribution in [0.25, 0.3) is 0 Å². The maximum atomic E-state index is 12.2. The van der Waals surface area contributed by atoms with E-state index in [9.17, 15) is 13.2 Å². The van der Waals surface area contributed by atoms with Gasteiger partial charge in [0.25, 0.3) is 10.2 Å².